The lowest BCUT2D eigenvalue weighted by atomic mass is 10.4. The number of methoxy groups -OCH3 is 1. The molecule has 1 rings (SSSR count). The molecule has 0 aliphatic carbocycles. The second-order valence-electron chi connectivity index (χ2n) is 3.88. The number of nitro groups is 1. The SMILES string of the molecule is CCOCCCNC(=O)Cn1cc([N+](=O)[O-])c(OC)n1. The van der Waals surface area contributed by atoms with Crippen LogP contribution in [0.4, 0.5) is 5.69 Å². The van der Waals surface area contributed by atoms with E-state index in [1.165, 1.54) is 18.0 Å². The first-order chi connectivity index (χ1) is 9.58. The summed E-state index contributed by atoms with van der Waals surface area (Å²) in [5, 5.41) is 17.2. The van der Waals surface area contributed by atoms with E-state index in [-0.39, 0.29) is 24.0 Å². The highest BCUT2D eigenvalue weighted by Crippen LogP contribution is 2.23. The second-order valence-corrected chi connectivity index (χ2v) is 3.88. The Hall–Kier alpha value is -2.16. The maximum absolute atomic E-state index is 11.6. The van der Waals surface area contributed by atoms with Gasteiger partial charge in [-0.25, -0.2) is 0 Å². The Labute approximate surface area is 116 Å². The molecule has 1 N–H and O–H groups in total. The Bertz CT molecular complexity index is 460. The zero-order valence-corrected chi connectivity index (χ0v) is 11.5. The molecule has 0 spiro atoms. The molecule has 1 aromatic heterocycles. The van der Waals surface area contributed by atoms with E-state index in [0.29, 0.717) is 26.2 Å². The van der Waals surface area contributed by atoms with Crippen LogP contribution < -0.4 is 10.1 Å². The van der Waals surface area contributed by atoms with Crippen molar-refractivity contribution in [3.63, 3.8) is 0 Å². The highest BCUT2D eigenvalue weighted by atomic mass is 16.6. The monoisotopic (exact) mass is 286 g/mol. The van der Waals surface area contributed by atoms with E-state index in [0.717, 1.165) is 0 Å². The predicted octanol–water partition coefficient (Wildman–Crippen LogP) is 0.343. The number of ether oxygens (including phenoxy) is 2. The first kappa shape index (κ1) is 15.9. The van der Waals surface area contributed by atoms with Gasteiger partial charge in [-0.3, -0.25) is 19.6 Å². The standard InChI is InChI=1S/C11H18N4O5/c1-3-20-6-4-5-12-10(16)8-14-7-9(15(17)18)11(13-14)19-2/h7H,3-6,8H2,1-2H3,(H,12,16). The molecule has 0 atom stereocenters. The molecule has 0 fully saturated rings. The Kier molecular flexibility index (Phi) is 6.44. The topological polar surface area (TPSA) is 109 Å². The number of hydrogen-bond donors (Lipinski definition) is 1. The molecular formula is C11H18N4O5. The second kappa shape index (κ2) is 8.10. The largest absolute Gasteiger partial charge is 0.475 e. The Morgan fingerprint density at radius 2 is 2.35 bits per heavy atom. The van der Waals surface area contributed by atoms with Gasteiger partial charge in [-0.15, -0.1) is 5.10 Å². The molecule has 0 saturated carbocycles. The van der Waals surface area contributed by atoms with Crippen molar-refractivity contribution in [2.45, 2.75) is 19.9 Å². The van der Waals surface area contributed by atoms with E-state index >= 15 is 0 Å². The van der Waals surface area contributed by atoms with E-state index in [1.54, 1.807) is 0 Å². The summed E-state index contributed by atoms with van der Waals surface area (Å²) in [4.78, 5) is 21.7. The smallest absolute Gasteiger partial charge is 0.350 e. The van der Waals surface area contributed by atoms with Gasteiger partial charge in [-0.2, -0.15) is 0 Å². The number of nitrogens with one attached hydrogen (secondary N) is 1. The molecule has 1 heterocycles. The number of carbonyl (C=O) groups excluding carboxylic acids is 1. The Morgan fingerprint density at radius 3 is 2.90 bits per heavy atom. The number of carbonyl (C=O) groups is 1. The van der Waals surface area contributed by atoms with Gasteiger partial charge in [0.2, 0.25) is 5.91 Å². The van der Waals surface area contributed by atoms with Gasteiger partial charge in [0.25, 0.3) is 0 Å². The molecule has 1 amide bonds. The first-order valence-corrected chi connectivity index (χ1v) is 6.18. The molecular weight excluding hydrogens is 268 g/mol. The lowest BCUT2D eigenvalue weighted by Crippen LogP contribution is -2.29. The third-order valence-electron chi connectivity index (χ3n) is 2.40. The van der Waals surface area contributed by atoms with Gasteiger partial charge in [0.1, 0.15) is 12.7 Å². The molecule has 112 valence electrons. The highest BCUT2D eigenvalue weighted by molar-refractivity contribution is 5.75. The van der Waals surface area contributed by atoms with Crippen molar-refractivity contribution in [3.05, 3.63) is 16.3 Å². The van der Waals surface area contributed by atoms with Gasteiger partial charge < -0.3 is 14.8 Å². The average Bonchev–Trinajstić information content (AvgIpc) is 2.81. The lowest BCUT2D eigenvalue weighted by Gasteiger charge is -2.05. The van der Waals surface area contributed by atoms with Crippen molar-refractivity contribution < 1.29 is 19.2 Å². The van der Waals surface area contributed by atoms with E-state index in [9.17, 15) is 14.9 Å². The number of amides is 1. The molecule has 9 nitrogen and oxygen atoms in total. The number of hydrogen-bond acceptors (Lipinski definition) is 6. The van der Waals surface area contributed by atoms with Crippen LogP contribution in [0.1, 0.15) is 13.3 Å². The Balaban J connectivity index is 2.44. The zero-order chi connectivity index (χ0) is 15.0. The van der Waals surface area contributed by atoms with E-state index in [2.05, 4.69) is 10.4 Å². The van der Waals surface area contributed by atoms with Crippen LogP contribution in [0.3, 0.4) is 0 Å². The van der Waals surface area contributed by atoms with Crippen LogP contribution in [0.15, 0.2) is 6.20 Å². The lowest BCUT2D eigenvalue weighted by molar-refractivity contribution is -0.385. The van der Waals surface area contributed by atoms with E-state index in [4.69, 9.17) is 9.47 Å². The maximum Gasteiger partial charge on any atom is 0.350 e. The minimum Gasteiger partial charge on any atom is -0.475 e. The van der Waals surface area contributed by atoms with Crippen LogP contribution in [0, 0.1) is 10.1 Å². The fraction of sp³-hybridized carbons (Fsp3) is 0.636. The summed E-state index contributed by atoms with van der Waals surface area (Å²) >= 11 is 0. The summed E-state index contributed by atoms with van der Waals surface area (Å²) in [5.41, 5.74) is -0.267. The van der Waals surface area contributed by atoms with Crippen LogP contribution in [0.5, 0.6) is 5.88 Å². The number of nitrogens with zero attached hydrogens (tertiary/aromatic N) is 3. The average molecular weight is 286 g/mol. The normalized spacial score (nSPS) is 10.3. The van der Waals surface area contributed by atoms with Gasteiger partial charge in [-0.1, -0.05) is 0 Å². The van der Waals surface area contributed by atoms with Crippen LogP contribution >= 0.6 is 0 Å². The van der Waals surface area contributed by atoms with Crippen molar-refractivity contribution in [2.75, 3.05) is 26.9 Å². The highest BCUT2D eigenvalue weighted by Gasteiger charge is 2.20. The van der Waals surface area contributed by atoms with Crippen molar-refractivity contribution >= 4 is 11.6 Å². The van der Waals surface area contributed by atoms with Crippen LogP contribution in [0.2, 0.25) is 0 Å². The van der Waals surface area contributed by atoms with Gasteiger partial charge in [-0.05, 0) is 13.3 Å². The molecule has 20 heavy (non-hydrogen) atoms. The fourth-order valence-electron chi connectivity index (χ4n) is 1.49. The minimum atomic E-state index is -0.609. The summed E-state index contributed by atoms with van der Waals surface area (Å²) in [6.07, 6.45) is 1.88. The quantitative estimate of drug-likeness (QED) is 0.398. The molecule has 1 aromatic rings. The van der Waals surface area contributed by atoms with Gasteiger partial charge in [0.05, 0.1) is 12.0 Å². The van der Waals surface area contributed by atoms with Gasteiger partial charge >= 0.3 is 11.6 Å². The molecule has 9 heteroatoms. The molecule has 0 aliphatic rings. The number of aromatic nitrogens is 2. The maximum atomic E-state index is 11.6. The van der Waals surface area contributed by atoms with E-state index < -0.39 is 4.92 Å². The third kappa shape index (κ3) is 4.84. The Morgan fingerprint density at radius 1 is 1.60 bits per heavy atom. The molecule has 0 saturated heterocycles. The molecule has 0 aromatic carbocycles. The summed E-state index contributed by atoms with van der Waals surface area (Å²) in [5.74, 6) is -0.388. The van der Waals surface area contributed by atoms with Gasteiger partial charge in [0, 0.05) is 19.8 Å². The van der Waals surface area contributed by atoms with Crippen molar-refractivity contribution in [3.8, 4) is 5.88 Å². The predicted molar refractivity (Wildman–Crippen MR) is 69.6 cm³/mol. The molecule has 0 aliphatic heterocycles. The molecule has 0 radical (unpaired) electrons. The minimum absolute atomic E-state index is 0.0984. The summed E-state index contributed by atoms with van der Waals surface area (Å²) in [6, 6.07) is 0. The molecule has 0 bridgehead atoms. The van der Waals surface area contributed by atoms with Crippen molar-refractivity contribution in [1.29, 1.82) is 0 Å². The third-order valence-corrected chi connectivity index (χ3v) is 2.40. The van der Waals surface area contributed by atoms with E-state index in [1.807, 2.05) is 6.92 Å². The van der Waals surface area contributed by atoms with Crippen LogP contribution in [-0.2, 0) is 16.1 Å². The summed E-state index contributed by atoms with van der Waals surface area (Å²) in [6.45, 7) is 3.51. The first-order valence-electron chi connectivity index (χ1n) is 6.18. The summed E-state index contributed by atoms with van der Waals surface area (Å²) < 4.78 is 11.1. The van der Waals surface area contributed by atoms with Crippen LogP contribution in [0.25, 0.3) is 0 Å². The van der Waals surface area contributed by atoms with Crippen LogP contribution in [-0.4, -0.2) is 47.5 Å². The fourth-order valence-corrected chi connectivity index (χ4v) is 1.49. The molecule has 0 unspecified atom stereocenters. The van der Waals surface area contributed by atoms with Crippen molar-refractivity contribution in [2.24, 2.45) is 0 Å². The van der Waals surface area contributed by atoms with Gasteiger partial charge in [0.15, 0.2) is 0 Å². The summed E-state index contributed by atoms with van der Waals surface area (Å²) in [7, 11) is 1.29. The van der Waals surface area contributed by atoms with Crippen molar-refractivity contribution in [1.82, 2.24) is 15.1 Å². The zero-order valence-electron chi connectivity index (χ0n) is 11.5. The number of rotatable bonds is 9.